The van der Waals surface area contributed by atoms with Gasteiger partial charge in [0.1, 0.15) is 0 Å². The Morgan fingerprint density at radius 3 is 2.65 bits per heavy atom. The normalized spacial score (nSPS) is 45.7. The maximum Gasteiger partial charge on any atom is 0.336 e. The predicted octanol–water partition coefficient (Wildman–Crippen LogP) is 4.46. The molecule has 2 saturated heterocycles. The topological polar surface area (TPSA) is 35.5 Å². The van der Waals surface area contributed by atoms with Crippen molar-refractivity contribution in [3.05, 3.63) is 11.1 Å². The highest BCUT2D eigenvalue weighted by Crippen LogP contribution is 2.57. The molecule has 4 rings (SSSR count). The summed E-state index contributed by atoms with van der Waals surface area (Å²) in [6.45, 7) is 10.3. The molecule has 5 atom stereocenters. The first kappa shape index (κ1) is 15.7. The summed E-state index contributed by atoms with van der Waals surface area (Å²) in [4.78, 5) is 12.5. The fourth-order valence-corrected chi connectivity index (χ4v) is 6.31. The average Bonchev–Trinajstić information content (AvgIpc) is 2.90. The molecule has 0 aromatic rings. The number of esters is 1. The number of hydrogen-bond donors (Lipinski definition) is 0. The van der Waals surface area contributed by atoms with E-state index in [4.69, 9.17) is 9.47 Å². The Hall–Kier alpha value is -0.830. The zero-order chi connectivity index (χ0) is 16.4. The number of hydrogen-bond acceptors (Lipinski definition) is 3. The Balaban J connectivity index is 1.72. The third-order valence-electron chi connectivity index (χ3n) is 7.15. The van der Waals surface area contributed by atoms with Gasteiger partial charge in [-0.15, -0.1) is 0 Å². The van der Waals surface area contributed by atoms with Crippen molar-refractivity contribution in [3.8, 4) is 0 Å². The molecule has 2 aliphatic heterocycles. The largest absolute Gasteiger partial charge is 0.432 e. The van der Waals surface area contributed by atoms with Crippen LogP contribution in [0.3, 0.4) is 0 Å². The highest BCUT2D eigenvalue weighted by atomic mass is 16.7. The number of ether oxygens (including phenoxy) is 2. The van der Waals surface area contributed by atoms with Crippen molar-refractivity contribution in [3.63, 3.8) is 0 Å². The Kier molecular flexibility index (Phi) is 3.46. The van der Waals surface area contributed by atoms with Gasteiger partial charge in [0.15, 0.2) is 0 Å². The van der Waals surface area contributed by atoms with E-state index in [2.05, 4.69) is 27.7 Å². The molecule has 2 heterocycles. The lowest BCUT2D eigenvalue weighted by molar-refractivity contribution is -0.157. The van der Waals surface area contributed by atoms with Crippen LogP contribution in [0.2, 0.25) is 0 Å². The van der Waals surface area contributed by atoms with Crippen molar-refractivity contribution in [1.82, 2.24) is 0 Å². The van der Waals surface area contributed by atoms with Crippen molar-refractivity contribution in [2.24, 2.45) is 28.6 Å². The molecule has 5 unspecified atom stereocenters. The van der Waals surface area contributed by atoms with E-state index in [-0.39, 0.29) is 18.2 Å². The van der Waals surface area contributed by atoms with Crippen molar-refractivity contribution < 1.29 is 14.3 Å². The zero-order valence-electron chi connectivity index (χ0n) is 15.0. The van der Waals surface area contributed by atoms with Gasteiger partial charge in [-0.25, -0.2) is 4.79 Å². The van der Waals surface area contributed by atoms with Crippen LogP contribution in [0, 0.1) is 28.6 Å². The van der Waals surface area contributed by atoms with Crippen LogP contribution in [0.25, 0.3) is 0 Å². The lowest BCUT2D eigenvalue weighted by atomic mass is 9.57. The molecule has 128 valence electrons. The summed E-state index contributed by atoms with van der Waals surface area (Å²) >= 11 is 0. The Labute approximate surface area is 139 Å². The Morgan fingerprint density at radius 2 is 1.91 bits per heavy atom. The van der Waals surface area contributed by atoms with Crippen molar-refractivity contribution in [1.29, 1.82) is 0 Å². The van der Waals surface area contributed by atoms with Crippen LogP contribution in [0.1, 0.15) is 66.2 Å². The summed E-state index contributed by atoms with van der Waals surface area (Å²) in [6, 6.07) is 0. The summed E-state index contributed by atoms with van der Waals surface area (Å²) in [5, 5.41) is 0. The van der Waals surface area contributed by atoms with Crippen LogP contribution in [0.15, 0.2) is 11.1 Å². The zero-order valence-corrected chi connectivity index (χ0v) is 15.0. The predicted molar refractivity (Wildman–Crippen MR) is 88.6 cm³/mol. The third kappa shape index (κ3) is 2.38. The standard InChI is InChI=1S/C20H30O3/c1-12-14(20(4)9-5-8-19(2,3)11-20)7-6-13-10-22-18-16(13)15(12)17(21)23-18/h13-14,16,18H,5-11H2,1-4H3. The van der Waals surface area contributed by atoms with Gasteiger partial charge in [-0.1, -0.05) is 32.8 Å². The van der Waals surface area contributed by atoms with Gasteiger partial charge in [0.2, 0.25) is 6.29 Å². The van der Waals surface area contributed by atoms with E-state index < -0.39 is 0 Å². The average molecular weight is 318 g/mol. The van der Waals surface area contributed by atoms with Crippen LogP contribution in [-0.2, 0) is 14.3 Å². The first-order valence-corrected chi connectivity index (χ1v) is 9.34. The summed E-state index contributed by atoms with van der Waals surface area (Å²) in [6.07, 6.45) is 7.26. The molecular weight excluding hydrogens is 288 g/mol. The van der Waals surface area contributed by atoms with Crippen molar-refractivity contribution in [2.75, 3.05) is 6.61 Å². The minimum absolute atomic E-state index is 0.104. The van der Waals surface area contributed by atoms with E-state index in [1.165, 1.54) is 44.1 Å². The summed E-state index contributed by atoms with van der Waals surface area (Å²) in [5.41, 5.74) is 3.03. The van der Waals surface area contributed by atoms with E-state index in [0.717, 1.165) is 12.2 Å². The molecular formula is C20H30O3. The second-order valence-electron chi connectivity index (χ2n) is 9.47. The first-order valence-electron chi connectivity index (χ1n) is 9.34. The minimum atomic E-state index is -0.299. The molecule has 23 heavy (non-hydrogen) atoms. The first-order chi connectivity index (χ1) is 10.8. The van der Waals surface area contributed by atoms with Gasteiger partial charge < -0.3 is 9.47 Å². The smallest absolute Gasteiger partial charge is 0.336 e. The van der Waals surface area contributed by atoms with Crippen LogP contribution in [0.5, 0.6) is 0 Å². The van der Waals surface area contributed by atoms with Gasteiger partial charge in [0, 0.05) is 5.57 Å². The molecule has 2 aliphatic carbocycles. The van der Waals surface area contributed by atoms with Crippen LogP contribution >= 0.6 is 0 Å². The van der Waals surface area contributed by atoms with E-state index in [0.29, 0.717) is 22.7 Å². The maximum atomic E-state index is 12.5. The van der Waals surface area contributed by atoms with Crippen LogP contribution in [-0.4, -0.2) is 18.9 Å². The van der Waals surface area contributed by atoms with Gasteiger partial charge >= 0.3 is 5.97 Å². The molecule has 4 aliphatic rings. The fraction of sp³-hybridized carbons (Fsp3) is 0.850. The van der Waals surface area contributed by atoms with E-state index in [1.807, 2.05) is 0 Å². The molecule has 0 amide bonds. The molecule has 3 nitrogen and oxygen atoms in total. The monoisotopic (exact) mass is 318 g/mol. The SMILES string of the molecule is CC1=C2C(=O)OC3OCC(CCC1C1(C)CCCC(C)(C)C1)C23. The van der Waals surface area contributed by atoms with Gasteiger partial charge in [0.25, 0.3) is 0 Å². The minimum Gasteiger partial charge on any atom is -0.432 e. The molecule has 3 heteroatoms. The maximum absolute atomic E-state index is 12.5. The highest BCUT2D eigenvalue weighted by molar-refractivity contribution is 5.92. The molecule has 1 saturated carbocycles. The lowest BCUT2D eigenvalue weighted by Crippen LogP contribution is -2.37. The second kappa shape index (κ2) is 5.08. The fourth-order valence-electron chi connectivity index (χ4n) is 6.31. The van der Waals surface area contributed by atoms with Gasteiger partial charge in [-0.3, -0.25) is 0 Å². The van der Waals surface area contributed by atoms with Gasteiger partial charge in [-0.2, -0.15) is 0 Å². The molecule has 0 bridgehead atoms. The van der Waals surface area contributed by atoms with Crippen LogP contribution in [0.4, 0.5) is 0 Å². The molecule has 0 radical (unpaired) electrons. The van der Waals surface area contributed by atoms with Gasteiger partial charge in [0.05, 0.1) is 12.5 Å². The van der Waals surface area contributed by atoms with Crippen molar-refractivity contribution in [2.45, 2.75) is 72.5 Å². The Morgan fingerprint density at radius 1 is 1.13 bits per heavy atom. The molecule has 0 N–H and O–H groups in total. The second-order valence-corrected chi connectivity index (χ2v) is 9.47. The van der Waals surface area contributed by atoms with Gasteiger partial charge in [-0.05, 0) is 61.7 Å². The summed E-state index contributed by atoms with van der Waals surface area (Å²) in [5.74, 6) is 1.09. The number of rotatable bonds is 1. The summed E-state index contributed by atoms with van der Waals surface area (Å²) in [7, 11) is 0. The molecule has 0 aromatic carbocycles. The van der Waals surface area contributed by atoms with Crippen molar-refractivity contribution >= 4 is 5.97 Å². The lowest BCUT2D eigenvalue weighted by Gasteiger charge is -2.48. The Bertz CT molecular complexity index is 561. The highest BCUT2D eigenvalue weighted by Gasteiger charge is 2.54. The van der Waals surface area contributed by atoms with E-state index in [1.54, 1.807) is 0 Å². The number of carbonyl (C=O) groups excluding carboxylic acids is 1. The van der Waals surface area contributed by atoms with Crippen LogP contribution < -0.4 is 0 Å². The molecule has 0 spiro atoms. The molecule has 3 fully saturated rings. The van der Waals surface area contributed by atoms with E-state index >= 15 is 0 Å². The molecule has 0 aromatic heterocycles. The van der Waals surface area contributed by atoms with E-state index in [9.17, 15) is 4.79 Å². The number of carbonyl (C=O) groups is 1. The number of allylic oxidation sites excluding steroid dienone is 1. The quantitative estimate of drug-likeness (QED) is 0.669. The summed E-state index contributed by atoms with van der Waals surface area (Å²) < 4.78 is 11.2. The third-order valence-corrected chi connectivity index (χ3v) is 7.15.